The quantitative estimate of drug-likeness (QED) is 0.676. The number of anilines is 2. The minimum atomic E-state index is -0.0590. The predicted molar refractivity (Wildman–Crippen MR) is 110 cm³/mol. The molecule has 1 aliphatic heterocycles. The van der Waals surface area contributed by atoms with Crippen LogP contribution >= 0.6 is 0 Å². The molecule has 1 fully saturated rings. The minimum Gasteiger partial charge on any atom is -0.378 e. The maximum Gasteiger partial charge on any atom is 0.257 e. The Bertz CT molecular complexity index is 978. The Morgan fingerprint density at radius 1 is 1.18 bits per heavy atom. The molecule has 4 rings (SSSR count). The van der Waals surface area contributed by atoms with Crippen LogP contribution < -0.4 is 9.80 Å². The fourth-order valence-electron chi connectivity index (χ4n) is 3.49. The number of carbonyl (C=O) groups is 1. The van der Waals surface area contributed by atoms with Crippen molar-refractivity contribution in [3.8, 4) is 11.5 Å². The van der Waals surface area contributed by atoms with Crippen molar-refractivity contribution >= 4 is 17.3 Å². The van der Waals surface area contributed by atoms with Crippen LogP contribution in [0.25, 0.3) is 11.5 Å². The van der Waals surface area contributed by atoms with Crippen molar-refractivity contribution < 1.29 is 9.32 Å². The molecule has 1 amide bonds. The minimum absolute atomic E-state index is 0.0590. The van der Waals surface area contributed by atoms with Crippen LogP contribution in [0.15, 0.2) is 53.1 Å². The van der Waals surface area contributed by atoms with Gasteiger partial charge in [0, 0.05) is 49.9 Å². The zero-order valence-electron chi connectivity index (χ0n) is 16.4. The molecule has 2 aromatic carbocycles. The van der Waals surface area contributed by atoms with Crippen LogP contribution in [0.1, 0.15) is 30.7 Å². The lowest BCUT2D eigenvalue weighted by Gasteiger charge is -2.17. The Morgan fingerprint density at radius 2 is 1.96 bits per heavy atom. The monoisotopic (exact) mass is 376 g/mol. The summed E-state index contributed by atoms with van der Waals surface area (Å²) in [6.45, 7) is 2.68. The highest BCUT2D eigenvalue weighted by Gasteiger charge is 2.34. The van der Waals surface area contributed by atoms with Crippen molar-refractivity contribution in [3.63, 3.8) is 0 Å². The smallest absolute Gasteiger partial charge is 0.257 e. The summed E-state index contributed by atoms with van der Waals surface area (Å²) < 4.78 is 5.47. The largest absolute Gasteiger partial charge is 0.378 e. The van der Waals surface area contributed by atoms with Crippen LogP contribution in [0.3, 0.4) is 0 Å². The van der Waals surface area contributed by atoms with Gasteiger partial charge in [-0.2, -0.15) is 4.98 Å². The van der Waals surface area contributed by atoms with Gasteiger partial charge in [-0.3, -0.25) is 4.79 Å². The highest BCUT2D eigenvalue weighted by Crippen LogP contribution is 2.32. The average molecular weight is 376 g/mol. The molecule has 2 heterocycles. The Balaban J connectivity index is 1.52. The molecule has 144 valence electrons. The topological polar surface area (TPSA) is 62.5 Å². The van der Waals surface area contributed by atoms with E-state index in [1.807, 2.05) is 60.3 Å². The summed E-state index contributed by atoms with van der Waals surface area (Å²) in [6, 6.07) is 16.1. The molecule has 0 radical (unpaired) electrons. The molecule has 0 saturated carbocycles. The van der Waals surface area contributed by atoms with Gasteiger partial charge in [0.1, 0.15) is 0 Å². The predicted octanol–water partition coefficient (Wildman–Crippen LogP) is 3.89. The van der Waals surface area contributed by atoms with Crippen molar-refractivity contribution in [1.29, 1.82) is 0 Å². The van der Waals surface area contributed by atoms with Crippen LogP contribution in [0, 0.1) is 0 Å². The summed E-state index contributed by atoms with van der Waals surface area (Å²) in [4.78, 5) is 21.0. The van der Waals surface area contributed by atoms with Crippen molar-refractivity contribution in [1.82, 2.24) is 10.1 Å². The summed E-state index contributed by atoms with van der Waals surface area (Å²) >= 11 is 0. The van der Waals surface area contributed by atoms with Gasteiger partial charge in [0.15, 0.2) is 5.82 Å². The molecule has 1 aliphatic rings. The van der Waals surface area contributed by atoms with E-state index in [0.29, 0.717) is 24.7 Å². The molecular formula is C22H24N4O2. The SMILES string of the molecule is CCc1cccc(N2CC(c3noc(-c4ccc(N(C)C)cc4)n3)CC2=O)c1. The van der Waals surface area contributed by atoms with Gasteiger partial charge >= 0.3 is 0 Å². The van der Waals surface area contributed by atoms with Crippen LogP contribution in [0.4, 0.5) is 11.4 Å². The molecule has 1 aromatic heterocycles. The third kappa shape index (κ3) is 3.50. The zero-order valence-corrected chi connectivity index (χ0v) is 16.4. The highest BCUT2D eigenvalue weighted by atomic mass is 16.5. The average Bonchev–Trinajstić information content (AvgIpc) is 3.35. The summed E-state index contributed by atoms with van der Waals surface area (Å²) in [5, 5.41) is 4.15. The van der Waals surface area contributed by atoms with E-state index in [4.69, 9.17) is 4.52 Å². The Hall–Kier alpha value is -3.15. The summed E-state index contributed by atoms with van der Waals surface area (Å²) in [7, 11) is 4.00. The first kappa shape index (κ1) is 18.2. The maximum absolute atomic E-state index is 12.6. The van der Waals surface area contributed by atoms with E-state index < -0.39 is 0 Å². The number of rotatable bonds is 5. The Kier molecular flexibility index (Phi) is 4.86. The first-order valence-electron chi connectivity index (χ1n) is 9.56. The lowest BCUT2D eigenvalue weighted by Crippen LogP contribution is -2.24. The van der Waals surface area contributed by atoms with Crippen molar-refractivity contribution in [2.45, 2.75) is 25.7 Å². The first-order valence-corrected chi connectivity index (χ1v) is 9.56. The van der Waals surface area contributed by atoms with E-state index in [1.165, 1.54) is 5.56 Å². The molecule has 0 N–H and O–H groups in total. The number of aryl methyl sites for hydroxylation is 1. The molecule has 1 atom stereocenters. The fraction of sp³-hybridized carbons (Fsp3) is 0.318. The summed E-state index contributed by atoms with van der Waals surface area (Å²) in [6.07, 6.45) is 1.34. The number of nitrogens with zero attached hydrogens (tertiary/aromatic N) is 4. The van der Waals surface area contributed by atoms with E-state index in [9.17, 15) is 4.79 Å². The molecular weight excluding hydrogens is 352 g/mol. The van der Waals surface area contributed by atoms with Crippen molar-refractivity contribution in [3.05, 3.63) is 59.9 Å². The lowest BCUT2D eigenvalue weighted by atomic mass is 10.1. The van der Waals surface area contributed by atoms with Crippen molar-refractivity contribution in [2.24, 2.45) is 0 Å². The Morgan fingerprint density at radius 3 is 2.68 bits per heavy atom. The van der Waals surface area contributed by atoms with Crippen LogP contribution in [0.5, 0.6) is 0 Å². The van der Waals surface area contributed by atoms with Gasteiger partial charge in [0.2, 0.25) is 5.91 Å². The van der Waals surface area contributed by atoms with E-state index in [1.54, 1.807) is 0 Å². The number of carbonyl (C=O) groups excluding carboxylic acids is 1. The fourth-order valence-corrected chi connectivity index (χ4v) is 3.49. The second kappa shape index (κ2) is 7.46. The summed E-state index contributed by atoms with van der Waals surface area (Å²) in [5.41, 5.74) is 4.14. The van der Waals surface area contributed by atoms with Gasteiger partial charge in [0.05, 0.1) is 0 Å². The van der Waals surface area contributed by atoms with Crippen LogP contribution in [0.2, 0.25) is 0 Å². The van der Waals surface area contributed by atoms with Gasteiger partial charge in [-0.1, -0.05) is 24.2 Å². The molecule has 1 saturated heterocycles. The number of hydrogen-bond acceptors (Lipinski definition) is 5. The van der Waals surface area contributed by atoms with Crippen LogP contribution in [-0.2, 0) is 11.2 Å². The normalized spacial score (nSPS) is 16.6. The van der Waals surface area contributed by atoms with Crippen LogP contribution in [-0.4, -0.2) is 36.7 Å². The third-order valence-electron chi connectivity index (χ3n) is 5.19. The van der Waals surface area contributed by atoms with Crippen molar-refractivity contribution in [2.75, 3.05) is 30.4 Å². The van der Waals surface area contributed by atoms with Gasteiger partial charge in [-0.05, 0) is 48.4 Å². The number of hydrogen-bond donors (Lipinski definition) is 0. The molecule has 0 aliphatic carbocycles. The van der Waals surface area contributed by atoms with Gasteiger partial charge < -0.3 is 14.3 Å². The van der Waals surface area contributed by atoms with Gasteiger partial charge in [-0.15, -0.1) is 0 Å². The third-order valence-corrected chi connectivity index (χ3v) is 5.19. The Labute approximate surface area is 164 Å². The number of amides is 1. The molecule has 0 bridgehead atoms. The molecule has 0 spiro atoms. The zero-order chi connectivity index (χ0) is 19.7. The lowest BCUT2D eigenvalue weighted by molar-refractivity contribution is -0.117. The first-order chi connectivity index (χ1) is 13.5. The maximum atomic E-state index is 12.6. The van der Waals surface area contributed by atoms with E-state index in [-0.39, 0.29) is 11.8 Å². The molecule has 28 heavy (non-hydrogen) atoms. The van der Waals surface area contributed by atoms with Gasteiger partial charge in [-0.25, -0.2) is 0 Å². The molecule has 1 unspecified atom stereocenters. The second-order valence-corrected chi connectivity index (χ2v) is 7.33. The highest BCUT2D eigenvalue weighted by molar-refractivity contribution is 5.96. The standard InChI is InChI=1S/C22H24N4O2/c1-4-15-6-5-7-19(12-15)26-14-17(13-20(26)27)21-23-22(28-24-21)16-8-10-18(11-9-16)25(2)3/h5-12,17H,4,13-14H2,1-3H3. The van der Waals surface area contributed by atoms with E-state index in [0.717, 1.165) is 23.4 Å². The van der Waals surface area contributed by atoms with E-state index >= 15 is 0 Å². The number of aromatic nitrogens is 2. The van der Waals surface area contributed by atoms with Gasteiger partial charge in [0.25, 0.3) is 5.89 Å². The number of benzene rings is 2. The molecule has 6 heteroatoms. The second-order valence-electron chi connectivity index (χ2n) is 7.33. The summed E-state index contributed by atoms with van der Waals surface area (Å²) in [5.74, 6) is 1.12. The molecule has 3 aromatic rings. The van der Waals surface area contributed by atoms with E-state index in [2.05, 4.69) is 29.2 Å². The molecule has 6 nitrogen and oxygen atoms in total.